The molecule has 3 rings (SSSR count). The number of nitrogens with one attached hydrogen (secondary N) is 2. The topological polar surface area (TPSA) is 78.1 Å². The number of anilines is 1. The van der Waals surface area contributed by atoms with Gasteiger partial charge in [0.2, 0.25) is 0 Å². The van der Waals surface area contributed by atoms with Gasteiger partial charge in [0.05, 0.1) is 17.8 Å². The summed E-state index contributed by atoms with van der Waals surface area (Å²) < 4.78 is 6.23. The monoisotopic (exact) mass is 481 g/mol. The van der Waals surface area contributed by atoms with Crippen LogP contribution in [0.5, 0.6) is 0 Å². The lowest BCUT2D eigenvalue weighted by Crippen LogP contribution is -2.25. The molecule has 0 fully saturated rings. The van der Waals surface area contributed by atoms with Crippen molar-refractivity contribution in [1.29, 1.82) is 5.26 Å². The number of hydrogen-bond donors (Lipinski definition) is 2. The number of amides is 1. The number of carbonyl (C=O) groups excluding carboxylic acids is 1. The molecule has 0 aliphatic heterocycles. The minimum absolute atomic E-state index is 0.0322. The maximum absolute atomic E-state index is 12.8. The average molecular weight is 482 g/mol. The summed E-state index contributed by atoms with van der Waals surface area (Å²) in [6.45, 7) is 2.19. The lowest BCUT2D eigenvalue weighted by molar-refractivity contribution is -0.117. The van der Waals surface area contributed by atoms with Crippen LogP contribution >= 0.6 is 27.7 Å². The Morgan fingerprint density at radius 3 is 2.70 bits per heavy atom. The van der Waals surface area contributed by atoms with Crippen LogP contribution in [-0.4, -0.2) is 5.91 Å². The van der Waals surface area contributed by atoms with Gasteiger partial charge in [-0.2, -0.15) is 5.26 Å². The Balaban J connectivity index is 1.85. The largest absolute Gasteiger partial charge is 0.467 e. The molecule has 1 amide bonds. The van der Waals surface area contributed by atoms with Crippen LogP contribution in [0, 0.1) is 18.3 Å². The van der Waals surface area contributed by atoms with Crippen molar-refractivity contribution >= 4 is 39.3 Å². The molecular formula is C23H20BrN3O2S. The normalized spacial score (nSPS) is 11.4. The van der Waals surface area contributed by atoms with Gasteiger partial charge in [-0.05, 0) is 48.4 Å². The van der Waals surface area contributed by atoms with E-state index in [-0.39, 0.29) is 12.1 Å². The standard InChI is InChI=1S/C23H20BrN3O2S/c1-16-6-2-3-10-21(16)27-23(30-15-17-7-4-8-18(24)12-17)20(13-25)22(28)26-14-19-9-5-11-29-19/h2-12,27H,14-15H2,1H3,(H,26,28). The molecule has 0 radical (unpaired) electrons. The van der Waals surface area contributed by atoms with E-state index in [0.29, 0.717) is 16.5 Å². The molecule has 0 saturated carbocycles. The molecule has 7 heteroatoms. The first kappa shape index (κ1) is 21.8. The molecule has 1 heterocycles. The fraction of sp³-hybridized carbons (Fsp3) is 0.130. The van der Waals surface area contributed by atoms with E-state index in [4.69, 9.17) is 4.42 Å². The van der Waals surface area contributed by atoms with Gasteiger partial charge in [0.15, 0.2) is 0 Å². The van der Waals surface area contributed by atoms with Gasteiger partial charge >= 0.3 is 0 Å². The van der Waals surface area contributed by atoms with Crippen molar-refractivity contribution in [2.24, 2.45) is 0 Å². The number of nitrogens with zero attached hydrogens (tertiary/aromatic N) is 1. The van der Waals surface area contributed by atoms with Gasteiger partial charge in [-0.1, -0.05) is 46.3 Å². The molecule has 0 aliphatic carbocycles. The van der Waals surface area contributed by atoms with Crippen molar-refractivity contribution in [3.63, 3.8) is 0 Å². The molecule has 0 unspecified atom stereocenters. The first-order chi connectivity index (χ1) is 14.6. The summed E-state index contributed by atoms with van der Waals surface area (Å²) in [4.78, 5) is 12.8. The number of para-hydroxylation sites is 1. The van der Waals surface area contributed by atoms with Crippen molar-refractivity contribution in [2.75, 3.05) is 5.32 Å². The van der Waals surface area contributed by atoms with Crippen LogP contribution in [-0.2, 0) is 17.1 Å². The summed E-state index contributed by atoms with van der Waals surface area (Å²) >= 11 is 4.89. The van der Waals surface area contributed by atoms with E-state index in [1.54, 1.807) is 18.4 Å². The Labute approximate surface area is 188 Å². The summed E-state index contributed by atoms with van der Waals surface area (Å²) in [6.07, 6.45) is 1.54. The number of benzene rings is 2. The highest BCUT2D eigenvalue weighted by Crippen LogP contribution is 2.28. The second kappa shape index (κ2) is 10.7. The third-order valence-electron chi connectivity index (χ3n) is 4.23. The Morgan fingerprint density at radius 1 is 1.17 bits per heavy atom. The highest BCUT2D eigenvalue weighted by Gasteiger charge is 2.17. The van der Waals surface area contributed by atoms with E-state index in [0.717, 1.165) is 21.3 Å². The van der Waals surface area contributed by atoms with Gasteiger partial charge in [0.1, 0.15) is 17.4 Å². The van der Waals surface area contributed by atoms with Crippen molar-refractivity contribution in [1.82, 2.24) is 5.32 Å². The highest BCUT2D eigenvalue weighted by molar-refractivity contribution is 9.10. The summed E-state index contributed by atoms with van der Waals surface area (Å²) in [5, 5.41) is 16.3. The quantitative estimate of drug-likeness (QED) is 0.316. The fourth-order valence-electron chi connectivity index (χ4n) is 2.66. The molecule has 0 bridgehead atoms. The fourth-order valence-corrected chi connectivity index (χ4v) is 4.06. The third-order valence-corrected chi connectivity index (χ3v) is 5.80. The SMILES string of the molecule is Cc1ccccc1NC(SCc1cccc(Br)c1)=C(C#N)C(=O)NCc1ccco1. The Morgan fingerprint density at radius 2 is 2.00 bits per heavy atom. The molecule has 1 aromatic heterocycles. The first-order valence-corrected chi connectivity index (χ1v) is 11.0. The van der Waals surface area contributed by atoms with Gasteiger partial charge in [-0.15, -0.1) is 11.8 Å². The van der Waals surface area contributed by atoms with E-state index in [1.165, 1.54) is 11.8 Å². The third kappa shape index (κ3) is 6.02. The van der Waals surface area contributed by atoms with Crippen LogP contribution in [0.25, 0.3) is 0 Å². The van der Waals surface area contributed by atoms with Crippen LogP contribution in [0.3, 0.4) is 0 Å². The second-order valence-electron chi connectivity index (χ2n) is 6.44. The van der Waals surface area contributed by atoms with Gasteiger partial charge in [0, 0.05) is 15.9 Å². The smallest absolute Gasteiger partial charge is 0.265 e. The minimum atomic E-state index is -0.452. The Bertz CT molecular complexity index is 1090. The van der Waals surface area contributed by atoms with Crippen LogP contribution in [0.1, 0.15) is 16.9 Å². The minimum Gasteiger partial charge on any atom is -0.467 e. The van der Waals surface area contributed by atoms with Crippen molar-refractivity contribution in [3.05, 3.63) is 98.9 Å². The lowest BCUT2D eigenvalue weighted by Gasteiger charge is -2.15. The number of thioether (sulfide) groups is 1. The molecule has 2 aromatic carbocycles. The summed E-state index contributed by atoms with van der Waals surface area (Å²) in [5.74, 6) is 0.771. The Kier molecular flexibility index (Phi) is 7.77. The first-order valence-electron chi connectivity index (χ1n) is 9.21. The summed E-state index contributed by atoms with van der Waals surface area (Å²) in [5.41, 5.74) is 2.98. The van der Waals surface area contributed by atoms with Crippen LogP contribution in [0.15, 0.2) is 86.4 Å². The molecule has 3 aromatic rings. The number of furan rings is 1. The lowest BCUT2D eigenvalue weighted by atomic mass is 10.2. The van der Waals surface area contributed by atoms with E-state index in [9.17, 15) is 10.1 Å². The predicted molar refractivity (Wildman–Crippen MR) is 123 cm³/mol. The van der Waals surface area contributed by atoms with Crippen molar-refractivity contribution in [2.45, 2.75) is 19.2 Å². The molecule has 152 valence electrons. The van der Waals surface area contributed by atoms with Crippen molar-refractivity contribution in [3.8, 4) is 6.07 Å². The summed E-state index contributed by atoms with van der Waals surface area (Å²) in [6, 6.07) is 21.3. The molecule has 30 heavy (non-hydrogen) atoms. The molecular weight excluding hydrogens is 462 g/mol. The highest BCUT2D eigenvalue weighted by atomic mass is 79.9. The van der Waals surface area contributed by atoms with Crippen molar-refractivity contribution < 1.29 is 9.21 Å². The van der Waals surface area contributed by atoms with Crippen LogP contribution in [0.2, 0.25) is 0 Å². The zero-order chi connectivity index (χ0) is 21.3. The average Bonchev–Trinajstić information content (AvgIpc) is 3.26. The van der Waals surface area contributed by atoms with Gasteiger partial charge in [-0.3, -0.25) is 4.79 Å². The van der Waals surface area contributed by atoms with E-state index < -0.39 is 5.91 Å². The van der Waals surface area contributed by atoms with E-state index in [1.807, 2.05) is 55.5 Å². The molecule has 2 N–H and O–H groups in total. The predicted octanol–water partition coefficient (Wildman–Crippen LogP) is 5.75. The van der Waals surface area contributed by atoms with Crippen LogP contribution < -0.4 is 10.6 Å². The number of hydrogen-bond acceptors (Lipinski definition) is 5. The zero-order valence-corrected chi connectivity index (χ0v) is 18.7. The number of aryl methyl sites for hydroxylation is 1. The summed E-state index contributed by atoms with van der Waals surface area (Å²) in [7, 11) is 0. The van der Waals surface area contributed by atoms with Gasteiger partial charge in [0.25, 0.3) is 5.91 Å². The molecule has 5 nitrogen and oxygen atoms in total. The zero-order valence-electron chi connectivity index (χ0n) is 16.3. The van der Waals surface area contributed by atoms with Gasteiger partial charge in [-0.25, -0.2) is 0 Å². The number of nitriles is 1. The maximum Gasteiger partial charge on any atom is 0.265 e. The van der Waals surface area contributed by atoms with Gasteiger partial charge < -0.3 is 15.1 Å². The molecule has 0 atom stereocenters. The number of halogens is 1. The van der Waals surface area contributed by atoms with Crippen LogP contribution in [0.4, 0.5) is 5.69 Å². The number of rotatable bonds is 8. The molecule has 0 spiro atoms. The second-order valence-corrected chi connectivity index (χ2v) is 8.34. The van der Waals surface area contributed by atoms with E-state index >= 15 is 0 Å². The van der Waals surface area contributed by atoms with E-state index in [2.05, 4.69) is 32.6 Å². The number of carbonyl (C=O) groups is 1. The molecule has 0 aliphatic rings. The molecule has 0 saturated heterocycles. The maximum atomic E-state index is 12.8. The Hall–Kier alpha value is -2.95.